The zero-order chi connectivity index (χ0) is 25.0. The van der Waals surface area contributed by atoms with Crippen molar-refractivity contribution in [3.05, 3.63) is 17.8 Å². The lowest BCUT2D eigenvalue weighted by atomic mass is 9.53. The van der Waals surface area contributed by atoms with Gasteiger partial charge in [0, 0.05) is 31.3 Å². The number of carbonyl (C=O) groups excluding carboxylic acids is 2. The van der Waals surface area contributed by atoms with E-state index in [1.54, 1.807) is 30.3 Å². The van der Waals surface area contributed by atoms with Gasteiger partial charge in [0.25, 0.3) is 5.91 Å². The van der Waals surface area contributed by atoms with Gasteiger partial charge < -0.3 is 30.5 Å². The molecule has 4 aliphatic rings. The van der Waals surface area contributed by atoms with Crippen molar-refractivity contribution in [2.24, 2.45) is 23.2 Å². The van der Waals surface area contributed by atoms with Crippen molar-refractivity contribution < 1.29 is 24.2 Å². The van der Waals surface area contributed by atoms with E-state index in [0.29, 0.717) is 42.3 Å². The van der Waals surface area contributed by atoms with Crippen molar-refractivity contribution in [1.82, 2.24) is 20.4 Å². The molecule has 1 aromatic rings. The molecule has 0 saturated heterocycles. The first-order valence-electron chi connectivity index (χ1n) is 12.5. The predicted molar refractivity (Wildman–Crippen MR) is 130 cm³/mol. The second-order valence-corrected chi connectivity index (χ2v) is 11.4. The monoisotopic (exact) mass is 487 g/mol. The molecule has 10 heteroatoms. The molecule has 4 N–H and O–H groups in total. The van der Waals surface area contributed by atoms with E-state index in [2.05, 4.69) is 21.0 Å². The van der Waals surface area contributed by atoms with Crippen LogP contribution in [-0.4, -0.2) is 71.4 Å². The molecule has 192 valence electrons. The smallest absolute Gasteiger partial charge is 0.407 e. The SMILES string of the molecule is COCCNc1c(C(=O)NC2C3CC4CC5(O)CC2CC45C3)cnn1/C=C/C(C)(C)NC(=O)OC. The average molecular weight is 488 g/mol. The average Bonchev–Trinajstić information content (AvgIpc) is 3.38. The molecule has 6 unspecified atom stereocenters. The number of alkyl carbamates (subject to hydrolysis) is 1. The number of nitrogens with one attached hydrogen (secondary N) is 3. The standard InChI is InChI=1S/C25H37N5O5/c1-23(2,29-22(32)35-4)5-7-30-20(26-6-8-34-3)18(14-27-30)21(31)28-19-15-9-17-13-25(33)12-16(19)11-24(17,25)10-15/h5,7,14-17,19,26,33H,6,8-13H2,1-4H3,(H,28,31)(H,29,32)/b7-5+. The number of hydrogen-bond donors (Lipinski definition) is 4. The number of fused-ring (bicyclic) bond motifs is 2. The molecule has 3 bridgehead atoms. The molecule has 0 radical (unpaired) electrons. The summed E-state index contributed by atoms with van der Waals surface area (Å²) in [5.74, 6) is 1.79. The fourth-order valence-electron chi connectivity index (χ4n) is 7.42. The Balaban J connectivity index is 1.33. The molecule has 4 saturated carbocycles. The Labute approximate surface area is 205 Å². The number of hydrogen-bond acceptors (Lipinski definition) is 7. The maximum Gasteiger partial charge on any atom is 0.407 e. The second kappa shape index (κ2) is 8.51. The molecular weight excluding hydrogens is 450 g/mol. The summed E-state index contributed by atoms with van der Waals surface area (Å²) in [5, 5.41) is 24.9. The number of aliphatic hydroxyl groups is 1. The van der Waals surface area contributed by atoms with Crippen LogP contribution < -0.4 is 16.0 Å². The fraction of sp³-hybridized carbons (Fsp3) is 0.720. The van der Waals surface area contributed by atoms with Crippen LogP contribution in [-0.2, 0) is 9.47 Å². The third kappa shape index (κ3) is 3.91. The van der Waals surface area contributed by atoms with E-state index in [1.807, 2.05) is 13.8 Å². The van der Waals surface area contributed by atoms with E-state index in [0.717, 1.165) is 32.1 Å². The lowest BCUT2D eigenvalue weighted by molar-refractivity contribution is -0.176. The summed E-state index contributed by atoms with van der Waals surface area (Å²) < 4.78 is 11.5. The highest BCUT2D eigenvalue weighted by Gasteiger charge is 2.76. The molecule has 1 aromatic heterocycles. The highest BCUT2D eigenvalue weighted by Crippen LogP contribution is 2.77. The quantitative estimate of drug-likeness (QED) is 0.393. The van der Waals surface area contributed by atoms with Crippen LogP contribution in [0.4, 0.5) is 10.6 Å². The first kappa shape index (κ1) is 24.1. The van der Waals surface area contributed by atoms with Crippen molar-refractivity contribution in [1.29, 1.82) is 0 Å². The summed E-state index contributed by atoms with van der Waals surface area (Å²) in [4.78, 5) is 25.1. The fourth-order valence-corrected chi connectivity index (χ4v) is 7.42. The lowest BCUT2D eigenvalue weighted by Gasteiger charge is -2.55. The van der Waals surface area contributed by atoms with Crippen molar-refractivity contribution in [3.63, 3.8) is 0 Å². The van der Waals surface area contributed by atoms with Gasteiger partial charge in [-0.1, -0.05) is 0 Å². The third-order valence-electron chi connectivity index (χ3n) is 8.93. The Hall–Kier alpha value is -2.59. The Morgan fingerprint density at radius 1 is 1.26 bits per heavy atom. The minimum Gasteiger partial charge on any atom is -0.453 e. The second-order valence-electron chi connectivity index (χ2n) is 11.4. The van der Waals surface area contributed by atoms with E-state index < -0.39 is 17.2 Å². The molecule has 0 aromatic carbocycles. The summed E-state index contributed by atoms with van der Waals surface area (Å²) >= 11 is 0. The highest BCUT2D eigenvalue weighted by molar-refractivity contribution is 5.99. The zero-order valence-corrected chi connectivity index (χ0v) is 21.0. The van der Waals surface area contributed by atoms with Gasteiger partial charge in [0.05, 0.1) is 31.1 Å². The normalized spacial score (nSPS) is 34.5. The Kier molecular flexibility index (Phi) is 5.87. The first-order valence-corrected chi connectivity index (χ1v) is 12.5. The summed E-state index contributed by atoms with van der Waals surface area (Å²) in [7, 11) is 2.94. The lowest BCUT2D eigenvalue weighted by Crippen LogP contribution is -2.57. The van der Waals surface area contributed by atoms with Crippen LogP contribution in [0.3, 0.4) is 0 Å². The van der Waals surface area contributed by atoms with Crippen molar-refractivity contribution in [3.8, 4) is 0 Å². The van der Waals surface area contributed by atoms with Gasteiger partial charge in [0.1, 0.15) is 11.4 Å². The Morgan fingerprint density at radius 3 is 2.77 bits per heavy atom. The van der Waals surface area contributed by atoms with Gasteiger partial charge in [-0.25, -0.2) is 9.48 Å². The molecule has 1 spiro atoms. The van der Waals surface area contributed by atoms with Crippen LogP contribution in [0.25, 0.3) is 6.20 Å². The Bertz CT molecular complexity index is 1030. The molecule has 5 rings (SSSR count). The van der Waals surface area contributed by atoms with E-state index >= 15 is 0 Å². The van der Waals surface area contributed by atoms with Crippen LogP contribution in [0, 0.1) is 23.2 Å². The number of aromatic nitrogens is 2. The number of rotatable bonds is 9. The maximum absolute atomic E-state index is 13.5. The molecular formula is C25H37N5O5. The van der Waals surface area contributed by atoms with Crippen molar-refractivity contribution >= 4 is 24.0 Å². The number of methoxy groups -OCH3 is 2. The van der Waals surface area contributed by atoms with Gasteiger partial charge in [-0.2, -0.15) is 5.10 Å². The minimum atomic E-state index is -0.689. The van der Waals surface area contributed by atoms with Gasteiger partial charge >= 0.3 is 6.09 Å². The van der Waals surface area contributed by atoms with E-state index in [-0.39, 0.29) is 17.4 Å². The van der Waals surface area contributed by atoms with Gasteiger partial charge in [-0.15, -0.1) is 0 Å². The number of nitrogens with zero attached hydrogens (tertiary/aromatic N) is 2. The molecule has 10 nitrogen and oxygen atoms in total. The number of ether oxygens (including phenoxy) is 2. The summed E-state index contributed by atoms with van der Waals surface area (Å²) in [6.45, 7) is 4.65. The molecule has 35 heavy (non-hydrogen) atoms. The number of carbonyl (C=O) groups is 2. The molecule has 6 atom stereocenters. The summed E-state index contributed by atoms with van der Waals surface area (Å²) in [6.07, 6.45) is 9.43. The van der Waals surface area contributed by atoms with Crippen LogP contribution in [0.2, 0.25) is 0 Å². The zero-order valence-electron chi connectivity index (χ0n) is 21.0. The van der Waals surface area contributed by atoms with Gasteiger partial charge in [0.2, 0.25) is 0 Å². The number of amides is 2. The molecule has 4 fully saturated rings. The maximum atomic E-state index is 13.5. The van der Waals surface area contributed by atoms with E-state index in [1.165, 1.54) is 7.11 Å². The number of anilines is 1. The van der Waals surface area contributed by atoms with Gasteiger partial charge in [-0.05, 0) is 69.8 Å². The van der Waals surface area contributed by atoms with Crippen LogP contribution in [0.5, 0.6) is 0 Å². The largest absolute Gasteiger partial charge is 0.453 e. The molecule has 1 heterocycles. The van der Waals surface area contributed by atoms with Crippen molar-refractivity contribution in [2.75, 3.05) is 32.7 Å². The van der Waals surface area contributed by atoms with Gasteiger partial charge in [0.15, 0.2) is 0 Å². The highest BCUT2D eigenvalue weighted by atomic mass is 16.5. The van der Waals surface area contributed by atoms with Crippen LogP contribution >= 0.6 is 0 Å². The summed E-state index contributed by atoms with van der Waals surface area (Å²) in [6, 6.07) is 0.0869. The Morgan fingerprint density at radius 2 is 2.03 bits per heavy atom. The first-order chi connectivity index (χ1) is 16.6. The molecule has 2 amide bonds. The molecule has 0 aliphatic heterocycles. The minimum absolute atomic E-state index is 0.0869. The van der Waals surface area contributed by atoms with E-state index in [9.17, 15) is 14.7 Å². The molecule has 4 aliphatic carbocycles. The summed E-state index contributed by atoms with van der Waals surface area (Å²) in [5.41, 5.74) is -0.617. The van der Waals surface area contributed by atoms with Gasteiger partial charge in [-0.3, -0.25) is 4.79 Å². The van der Waals surface area contributed by atoms with Crippen LogP contribution in [0.15, 0.2) is 12.3 Å². The van der Waals surface area contributed by atoms with Crippen molar-refractivity contribution in [2.45, 2.75) is 63.1 Å². The predicted octanol–water partition coefficient (Wildman–Crippen LogP) is 2.22. The van der Waals surface area contributed by atoms with E-state index in [4.69, 9.17) is 9.47 Å². The van der Waals surface area contributed by atoms with Crippen LogP contribution in [0.1, 0.15) is 56.3 Å². The topological polar surface area (TPSA) is 127 Å². The third-order valence-corrected chi connectivity index (χ3v) is 8.93.